The number of aryl methyl sites for hydroxylation is 1. The maximum atomic E-state index is 13.1. The maximum absolute atomic E-state index is 13.1. The number of pyridine rings is 1. The Morgan fingerprint density at radius 3 is 2.02 bits per heavy atom. The molecule has 2 aromatic carbocycles. The molecule has 2 aromatic heterocycles. The van der Waals surface area contributed by atoms with Crippen molar-refractivity contribution in [2.24, 2.45) is 0 Å². The summed E-state index contributed by atoms with van der Waals surface area (Å²) in [5.41, 5.74) is 2.02. The van der Waals surface area contributed by atoms with Gasteiger partial charge >= 0.3 is 12.4 Å². The molecular formula is C26H18F6N6O2. The van der Waals surface area contributed by atoms with E-state index in [1.807, 2.05) is 16.9 Å². The lowest BCUT2D eigenvalue weighted by atomic mass is 10.0. The summed E-state index contributed by atoms with van der Waals surface area (Å²) >= 11 is 0. The van der Waals surface area contributed by atoms with Gasteiger partial charge < -0.3 is 5.32 Å². The minimum Gasteiger partial charge on any atom is -0.324 e. The number of amides is 2. The fraction of sp³-hybridized carbons (Fsp3) is 0.115. The molecule has 0 spiro atoms. The molecule has 4 rings (SSSR count). The molecule has 0 bridgehead atoms. The molecule has 0 saturated carbocycles. The quantitative estimate of drug-likeness (QED) is 0.213. The second-order valence-corrected chi connectivity index (χ2v) is 8.36. The van der Waals surface area contributed by atoms with Crippen molar-refractivity contribution in [1.29, 1.82) is 0 Å². The van der Waals surface area contributed by atoms with Gasteiger partial charge in [0.2, 0.25) is 5.95 Å². The number of hydrogen-bond acceptors (Lipinski definition) is 6. The van der Waals surface area contributed by atoms with Gasteiger partial charge in [-0.1, -0.05) is 6.07 Å². The van der Waals surface area contributed by atoms with Crippen molar-refractivity contribution in [3.63, 3.8) is 0 Å². The van der Waals surface area contributed by atoms with E-state index in [1.54, 1.807) is 37.5 Å². The van der Waals surface area contributed by atoms with E-state index in [0.717, 1.165) is 5.56 Å². The summed E-state index contributed by atoms with van der Waals surface area (Å²) in [5, 5.41) is 2.99. The highest BCUT2D eigenvalue weighted by Gasteiger charge is 2.37. The SMILES string of the molecule is Cc1ccc(C(=O)NNC(=O)c2cc(C(F)(F)F)cc(C(F)(F)F)c2)cc1Nc1nccc(-c2cccnc2)n1. The molecule has 14 heteroatoms. The van der Waals surface area contributed by atoms with Gasteiger partial charge in [-0.25, -0.2) is 9.97 Å². The van der Waals surface area contributed by atoms with Crippen LogP contribution in [0.3, 0.4) is 0 Å². The summed E-state index contributed by atoms with van der Waals surface area (Å²) in [5.74, 6) is -2.05. The van der Waals surface area contributed by atoms with E-state index >= 15 is 0 Å². The van der Waals surface area contributed by atoms with Crippen LogP contribution in [0.25, 0.3) is 11.3 Å². The second-order valence-electron chi connectivity index (χ2n) is 8.36. The number of carbonyl (C=O) groups excluding carboxylic acids is 2. The van der Waals surface area contributed by atoms with E-state index in [9.17, 15) is 35.9 Å². The average molecular weight is 560 g/mol. The van der Waals surface area contributed by atoms with Gasteiger partial charge in [0.15, 0.2) is 0 Å². The normalized spacial score (nSPS) is 11.6. The first-order chi connectivity index (χ1) is 18.8. The van der Waals surface area contributed by atoms with Crippen LogP contribution >= 0.6 is 0 Å². The summed E-state index contributed by atoms with van der Waals surface area (Å²) in [6.07, 6.45) is -5.50. The Labute approximate surface area is 222 Å². The molecular weight excluding hydrogens is 542 g/mol. The Morgan fingerprint density at radius 1 is 0.775 bits per heavy atom. The number of anilines is 2. The van der Waals surface area contributed by atoms with E-state index in [-0.39, 0.29) is 29.7 Å². The first kappa shape index (κ1) is 28.0. The number of hydrazine groups is 1. The topological polar surface area (TPSA) is 109 Å². The van der Waals surface area contributed by atoms with Crippen LogP contribution in [0.15, 0.2) is 73.2 Å². The van der Waals surface area contributed by atoms with Gasteiger partial charge in [-0.2, -0.15) is 26.3 Å². The van der Waals surface area contributed by atoms with E-state index in [4.69, 9.17) is 0 Å². The molecule has 2 amide bonds. The largest absolute Gasteiger partial charge is 0.416 e. The average Bonchev–Trinajstić information content (AvgIpc) is 2.92. The molecule has 0 aliphatic rings. The minimum atomic E-state index is -5.13. The molecule has 0 atom stereocenters. The van der Waals surface area contributed by atoms with Crippen LogP contribution in [0.2, 0.25) is 0 Å². The van der Waals surface area contributed by atoms with Gasteiger partial charge in [0, 0.05) is 41.0 Å². The summed E-state index contributed by atoms with van der Waals surface area (Å²) < 4.78 is 78.5. The number of nitrogens with one attached hydrogen (secondary N) is 3. The highest BCUT2D eigenvalue weighted by atomic mass is 19.4. The first-order valence-corrected chi connectivity index (χ1v) is 11.3. The number of rotatable bonds is 5. The van der Waals surface area contributed by atoms with Gasteiger partial charge in [0.05, 0.1) is 16.8 Å². The fourth-order valence-corrected chi connectivity index (χ4v) is 3.46. The predicted molar refractivity (Wildman–Crippen MR) is 131 cm³/mol. The van der Waals surface area contributed by atoms with Gasteiger partial charge in [0.1, 0.15) is 0 Å². The second kappa shape index (κ2) is 11.0. The number of carbonyl (C=O) groups is 2. The third-order valence-corrected chi connectivity index (χ3v) is 5.50. The number of nitrogens with zero attached hydrogens (tertiary/aromatic N) is 3. The number of halogens is 6. The Hall–Kier alpha value is -5.01. The summed E-state index contributed by atoms with van der Waals surface area (Å²) in [7, 11) is 0. The zero-order valence-corrected chi connectivity index (χ0v) is 20.4. The van der Waals surface area contributed by atoms with Crippen LogP contribution in [-0.4, -0.2) is 26.8 Å². The lowest BCUT2D eigenvalue weighted by Crippen LogP contribution is -2.41. The zero-order chi connectivity index (χ0) is 29.1. The Morgan fingerprint density at radius 2 is 1.43 bits per heavy atom. The Bertz CT molecular complexity index is 1530. The van der Waals surface area contributed by atoms with Crippen molar-refractivity contribution in [2.75, 3.05) is 5.32 Å². The van der Waals surface area contributed by atoms with E-state index < -0.39 is 40.9 Å². The molecule has 0 saturated heterocycles. The van der Waals surface area contributed by atoms with Gasteiger partial charge in [-0.15, -0.1) is 0 Å². The molecule has 0 fully saturated rings. The van der Waals surface area contributed by atoms with Gasteiger partial charge in [0.25, 0.3) is 11.8 Å². The monoisotopic (exact) mass is 560 g/mol. The molecule has 206 valence electrons. The highest BCUT2D eigenvalue weighted by molar-refractivity contribution is 5.99. The number of benzene rings is 2. The molecule has 0 aliphatic heterocycles. The minimum absolute atomic E-state index is 0.0110. The number of hydrogen-bond donors (Lipinski definition) is 3. The van der Waals surface area contributed by atoms with Crippen LogP contribution < -0.4 is 16.2 Å². The standard InChI is InChI=1S/C26H18F6N6O2/c1-14-4-5-15(11-21(14)36-24-34-8-6-20(35-24)16-3-2-7-33-13-16)22(39)37-38-23(40)17-9-18(25(27,28)29)12-19(10-17)26(30,31)32/h2-13H,1H3,(H,37,39)(H,38,40)(H,34,35,36). The molecule has 4 aromatic rings. The van der Waals surface area contributed by atoms with Gasteiger partial charge in [-0.05, 0) is 61.0 Å². The van der Waals surface area contributed by atoms with Crippen LogP contribution in [-0.2, 0) is 12.4 Å². The number of alkyl halides is 6. The van der Waals surface area contributed by atoms with Crippen molar-refractivity contribution in [3.05, 3.63) is 101 Å². The fourth-order valence-electron chi connectivity index (χ4n) is 3.46. The molecule has 8 nitrogen and oxygen atoms in total. The molecule has 0 aliphatic carbocycles. The van der Waals surface area contributed by atoms with Gasteiger partial charge in [-0.3, -0.25) is 25.4 Å². The molecule has 0 radical (unpaired) electrons. The smallest absolute Gasteiger partial charge is 0.324 e. The predicted octanol–water partition coefficient (Wildman–Crippen LogP) is 5.70. The number of aromatic nitrogens is 3. The van der Waals surface area contributed by atoms with Crippen LogP contribution in [0.1, 0.15) is 37.4 Å². The third kappa shape index (κ3) is 6.70. The zero-order valence-electron chi connectivity index (χ0n) is 20.4. The third-order valence-electron chi connectivity index (χ3n) is 5.50. The Kier molecular flexibility index (Phi) is 7.70. The maximum Gasteiger partial charge on any atom is 0.416 e. The molecule has 0 unspecified atom stereocenters. The van der Waals surface area contributed by atoms with Crippen molar-refractivity contribution in [2.45, 2.75) is 19.3 Å². The van der Waals surface area contributed by atoms with E-state index in [0.29, 0.717) is 16.9 Å². The van der Waals surface area contributed by atoms with Crippen molar-refractivity contribution >= 4 is 23.5 Å². The van der Waals surface area contributed by atoms with Crippen molar-refractivity contribution in [1.82, 2.24) is 25.8 Å². The summed E-state index contributed by atoms with van der Waals surface area (Å²) in [6.45, 7) is 1.74. The first-order valence-electron chi connectivity index (χ1n) is 11.3. The summed E-state index contributed by atoms with van der Waals surface area (Å²) in [6, 6.07) is 10.0. The van der Waals surface area contributed by atoms with Crippen molar-refractivity contribution < 1.29 is 35.9 Å². The van der Waals surface area contributed by atoms with Crippen molar-refractivity contribution in [3.8, 4) is 11.3 Å². The molecule has 2 heterocycles. The lowest BCUT2D eigenvalue weighted by Gasteiger charge is -2.15. The Balaban J connectivity index is 1.49. The van der Waals surface area contributed by atoms with E-state index in [1.165, 1.54) is 18.3 Å². The molecule has 40 heavy (non-hydrogen) atoms. The molecule has 3 N–H and O–H groups in total. The summed E-state index contributed by atoms with van der Waals surface area (Å²) in [4.78, 5) is 37.6. The van der Waals surface area contributed by atoms with Crippen LogP contribution in [0, 0.1) is 6.92 Å². The highest BCUT2D eigenvalue weighted by Crippen LogP contribution is 2.36. The van der Waals surface area contributed by atoms with Crippen LogP contribution in [0.5, 0.6) is 0 Å². The van der Waals surface area contributed by atoms with Crippen LogP contribution in [0.4, 0.5) is 38.0 Å². The van der Waals surface area contributed by atoms with E-state index in [2.05, 4.69) is 20.3 Å². The lowest BCUT2D eigenvalue weighted by molar-refractivity contribution is -0.143.